The van der Waals surface area contributed by atoms with Crippen LogP contribution in [0.2, 0.25) is 0 Å². The molecule has 0 radical (unpaired) electrons. The lowest BCUT2D eigenvalue weighted by atomic mass is 9.95. The Morgan fingerprint density at radius 2 is 1.95 bits per heavy atom. The van der Waals surface area contributed by atoms with Crippen LogP contribution in [-0.4, -0.2) is 58.3 Å². The van der Waals surface area contributed by atoms with Crippen molar-refractivity contribution in [1.82, 2.24) is 19.6 Å². The van der Waals surface area contributed by atoms with Gasteiger partial charge in [0, 0.05) is 51.2 Å². The molecule has 0 N–H and O–H groups in total. The molecule has 4 heterocycles. The lowest BCUT2D eigenvalue weighted by Gasteiger charge is -2.36. The average Bonchev–Trinajstić information content (AvgIpc) is 3.19. The number of nitrogens with zero attached hydrogens (tertiary/aromatic N) is 4. The van der Waals surface area contributed by atoms with Crippen molar-refractivity contribution in [1.29, 1.82) is 0 Å². The summed E-state index contributed by atoms with van der Waals surface area (Å²) in [6.07, 6.45) is 9.79. The van der Waals surface area contributed by atoms with E-state index in [2.05, 4.69) is 25.8 Å². The van der Waals surface area contributed by atoms with Gasteiger partial charge < -0.3 is 0 Å². The Morgan fingerprint density at radius 3 is 2.75 bits per heavy atom. The predicted octanol–water partition coefficient (Wildman–Crippen LogP) is 1.69. The lowest BCUT2D eigenvalue weighted by molar-refractivity contribution is 0.125. The van der Waals surface area contributed by atoms with Crippen LogP contribution in [0.5, 0.6) is 0 Å². The number of hydrogen-bond acceptors (Lipinski definition) is 3. The highest BCUT2D eigenvalue weighted by molar-refractivity contribution is 4.92. The smallest absolute Gasteiger partial charge is 0.0536 e. The summed E-state index contributed by atoms with van der Waals surface area (Å²) in [6.45, 7) is 7.53. The van der Waals surface area contributed by atoms with Crippen molar-refractivity contribution in [2.45, 2.75) is 38.3 Å². The first-order valence-corrected chi connectivity index (χ1v) is 8.30. The zero-order valence-electron chi connectivity index (χ0n) is 12.3. The molecule has 2 bridgehead atoms. The average molecular weight is 274 g/mol. The van der Waals surface area contributed by atoms with E-state index in [4.69, 9.17) is 0 Å². The van der Waals surface area contributed by atoms with Crippen LogP contribution in [0.15, 0.2) is 18.5 Å². The molecule has 4 aliphatic rings. The Bertz CT molecular complexity index is 426. The molecule has 2 atom stereocenters. The van der Waals surface area contributed by atoms with Gasteiger partial charge in [-0.3, -0.25) is 14.5 Å². The van der Waals surface area contributed by atoms with Gasteiger partial charge in [-0.1, -0.05) is 0 Å². The number of hydrogen-bond donors (Lipinski definition) is 0. The van der Waals surface area contributed by atoms with Crippen LogP contribution in [0, 0.1) is 11.8 Å². The summed E-state index contributed by atoms with van der Waals surface area (Å²) in [5, 5.41) is 4.32. The summed E-state index contributed by atoms with van der Waals surface area (Å²) in [4.78, 5) is 5.51. The summed E-state index contributed by atoms with van der Waals surface area (Å²) in [7, 11) is 0. The van der Waals surface area contributed by atoms with E-state index in [-0.39, 0.29) is 0 Å². The van der Waals surface area contributed by atoms with Crippen LogP contribution in [0.25, 0.3) is 0 Å². The van der Waals surface area contributed by atoms with Gasteiger partial charge in [-0.15, -0.1) is 0 Å². The van der Waals surface area contributed by atoms with Crippen molar-refractivity contribution < 1.29 is 0 Å². The zero-order valence-corrected chi connectivity index (χ0v) is 12.3. The molecule has 0 spiro atoms. The Balaban J connectivity index is 1.35. The maximum absolute atomic E-state index is 4.32. The van der Waals surface area contributed by atoms with Gasteiger partial charge in [-0.2, -0.15) is 5.10 Å². The Kier molecular flexibility index (Phi) is 3.52. The van der Waals surface area contributed by atoms with E-state index in [1.54, 1.807) is 0 Å². The molecule has 0 unspecified atom stereocenters. The third-order valence-electron chi connectivity index (χ3n) is 5.30. The number of piperidine rings is 1. The molecule has 4 nitrogen and oxygen atoms in total. The van der Waals surface area contributed by atoms with Gasteiger partial charge in [0.05, 0.1) is 6.54 Å². The van der Waals surface area contributed by atoms with E-state index >= 15 is 0 Å². The van der Waals surface area contributed by atoms with Gasteiger partial charge in [-0.25, -0.2) is 0 Å². The van der Waals surface area contributed by atoms with Gasteiger partial charge in [-0.05, 0) is 43.6 Å². The summed E-state index contributed by atoms with van der Waals surface area (Å²) < 4.78 is 2.06. The fraction of sp³-hybridized carbons (Fsp3) is 0.812. The monoisotopic (exact) mass is 274 g/mol. The first-order valence-electron chi connectivity index (χ1n) is 8.30. The highest BCUT2D eigenvalue weighted by Crippen LogP contribution is 2.34. The summed E-state index contributed by atoms with van der Waals surface area (Å²) in [6, 6.07) is 2.84. The standard InChI is InChI=1S/C16H26N4/c1-6-17-20(7-1)9-8-18-10-15-4-5-16(13-18)19(12-15)11-14-2-3-14/h1,6-7,14-16H,2-5,8-13H2/t15-,16+/m0/s1. The third kappa shape index (κ3) is 2.91. The van der Waals surface area contributed by atoms with Crippen LogP contribution in [0.4, 0.5) is 0 Å². The first kappa shape index (κ1) is 12.8. The minimum absolute atomic E-state index is 0.826. The SMILES string of the molecule is c1cnn(CCN2C[C@@H]3CC[C@H](C2)N(CC2CC2)C3)c1. The molecule has 3 saturated heterocycles. The Hall–Kier alpha value is -0.870. The number of rotatable bonds is 5. The van der Waals surface area contributed by atoms with Crippen molar-refractivity contribution in [3.63, 3.8) is 0 Å². The molecular weight excluding hydrogens is 248 g/mol. The van der Waals surface area contributed by atoms with Crippen molar-refractivity contribution in [3.05, 3.63) is 18.5 Å². The van der Waals surface area contributed by atoms with E-state index in [1.807, 2.05) is 12.3 Å². The summed E-state index contributed by atoms with van der Waals surface area (Å²) in [5.41, 5.74) is 0. The molecule has 110 valence electrons. The molecular formula is C16H26N4. The molecule has 0 amide bonds. The lowest BCUT2D eigenvalue weighted by Crippen LogP contribution is -2.45. The van der Waals surface area contributed by atoms with Crippen LogP contribution in [0.1, 0.15) is 25.7 Å². The second-order valence-electron chi connectivity index (χ2n) is 7.02. The van der Waals surface area contributed by atoms with Gasteiger partial charge >= 0.3 is 0 Å². The van der Waals surface area contributed by atoms with Crippen molar-refractivity contribution >= 4 is 0 Å². The predicted molar refractivity (Wildman–Crippen MR) is 79.5 cm³/mol. The fourth-order valence-electron chi connectivity index (χ4n) is 3.99. The van der Waals surface area contributed by atoms with Gasteiger partial charge in [0.2, 0.25) is 0 Å². The maximum Gasteiger partial charge on any atom is 0.0536 e. The molecule has 4 fully saturated rings. The minimum atomic E-state index is 0.826. The van der Waals surface area contributed by atoms with E-state index in [0.717, 1.165) is 31.0 Å². The molecule has 4 heteroatoms. The molecule has 0 aromatic carbocycles. The zero-order chi connectivity index (χ0) is 13.4. The molecule has 5 rings (SSSR count). The fourth-order valence-corrected chi connectivity index (χ4v) is 3.99. The van der Waals surface area contributed by atoms with E-state index in [9.17, 15) is 0 Å². The quantitative estimate of drug-likeness (QED) is 0.816. The highest BCUT2D eigenvalue weighted by atomic mass is 15.3. The van der Waals surface area contributed by atoms with E-state index in [0.29, 0.717) is 0 Å². The largest absolute Gasteiger partial charge is 0.300 e. The minimum Gasteiger partial charge on any atom is -0.300 e. The molecule has 20 heavy (non-hydrogen) atoms. The van der Waals surface area contributed by atoms with Crippen LogP contribution in [0.3, 0.4) is 0 Å². The van der Waals surface area contributed by atoms with Crippen molar-refractivity contribution in [3.8, 4) is 0 Å². The van der Waals surface area contributed by atoms with Crippen molar-refractivity contribution in [2.75, 3.05) is 32.7 Å². The maximum atomic E-state index is 4.32. The van der Waals surface area contributed by atoms with Gasteiger partial charge in [0.1, 0.15) is 0 Å². The molecule has 1 aliphatic carbocycles. The Morgan fingerprint density at radius 1 is 1.00 bits per heavy atom. The highest BCUT2D eigenvalue weighted by Gasteiger charge is 2.36. The molecule has 1 aromatic heterocycles. The van der Waals surface area contributed by atoms with E-state index < -0.39 is 0 Å². The van der Waals surface area contributed by atoms with Gasteiger partial charge in [0.25, 0.3) is 0 Å². The van der Waals surface area contributed by atoms with Crippen LogP contribution in [-0.2, 0) is 6.54 Å². The van der Waals surface area contributed by atoms with Crippen molar-refractivity contribution in [2.24, 2.45) is 11.8 Å². The molecule has 1 aromatic rings. The number of fused-ring (bicyclic) bond motifs is 4. The molecule has 3 aliphatic heterocycles. The normalized spacial score (nSPS) is 31.6. The Labute approximate surface area is 121 Å². The summed E-state index contributed by atoms with van der Waals surface area (Å²) in [5.74, 6) is 1.94. The third-order valence-corrected chi connectivity index (χ3v) is 5.30. The topological polar surface area (TPSA) is 24.3 Å². The summed E-state index contributed by atoms with van der Waals surface area (Å²) >= 11 is 0. The second-order valence-corrected chi connectivity index (χ2v) is 7.02. The van der Waals surface area contributed by atoms with Gasteiger partial charge in [0.15, 0.2) is 0 Å². The second kappa shape index (κ2) is 5.49. The number of aromatic nitrogens is 2. The first-order chi connectivity index (χ1) is 9.87. The van der Waals surface area contributed by atoms with Crippen LogP contribution < -0.4 is 0 Å². The van der Waals surface area contributed by atoms with Crippen LogP contribution >= 0.6 is 0 Å². The molecule has 1 saturated carbocycles. The van der Waals surface area contributed by atoms with E-state index in [1.165, 1.54) is 51.9 Å².